The lowest BCUT2D eigenvalue weighted by Gasteiger charge is -2.12. The molecule has 0 saturated heterocycles. The van der Waals surface area contributed by atoms with Gasteiger partial charge in [0.25, 0.3) is 0 Å². The Balaban J connectivity index is 2.31. The molecule has 0 bridgehead atoms. The number of rotatable bonds is 4. The van der Waals surface area contributed by atoms with Gasteiger partial charge in [0.05, 0.1) is 6.42 Å². The molecule has 0 aliphatic carbocycles. The molecule has 1 heterocycles. The second-order valence-corrected chi connectivity index (χ2v) is 5.87. The molecule has 0 aliphatic heterocycles. The van der Waals surface area contributed by atoms with Gasteiger partial charge in [-0.05, 0) is 24.6 Å². The lowest BCUT2D eigenvalue weighted by atomic mass is 10.1. The number of nitrogens with zero attached hydrogens (tertiary/aromatic N) is 2. The van der Waals surface area contributed by atoms with Crippen molar-refractivity contribution in [3.63, 3.8) is 0 Å². The molecular weight excluding hydrogens is 329 g/mol. The molecule has 0 saturated carbocycles. The predicted molar refractivity (Wildman–Crippen MR) is 90.0 cm³/mol. The van der Waals surface area contributed by atoms with Crippen LogP contribution in [-0.2, 0) is 11.2 Å². The van der Waals surface area contributed by atoms with Crippen LogP contribution in [0.2, 0.25) is 0 Å². The average Bonchev–Trinajstić information content (AvgIpc) is 2.49. The summed E-state index contributed by atoms with van der Waals surface area (Å²) in [4.78, 5) is 16.0. The van der Waals surface area contributed by atoms with Gasteiger partial charge in [-0.2, -0.15) is 5.26 Å². The summed E-state index contributed by atoms with van der Waals surface area (Å²) in [5.74, 6) is -0.582. The minimum absolute atomic E-state index is 0.0347. The molecule has 5 nitrogen and oxygen atoms in total. The molecule has 0 atom stereocenters. The van der Waals surface area contributed by atoms with E-state index in [-0.39, 0.29) is 34.0 Å². The maximum atomic E-state index is 14.3. The second-order valence-electron chi connectivity index (χ2n) is 5.46. The fourth-order valence-electron chi connectivity index (χ4n) is 2.03. The van der Waals surface area contributed by atoms with E-state index >= 15 is 0 Å². The van der Waals surface area contributed by atoms with Crippen molar-refractivity contribution < 1.29 is 13.9 Å². The molecule has 1 N–H and O–H groups in total. The third-order valence-corrected chi connectivity index (χ3v) is 3.62. The Morgan fingerprint density at radius 1 is 1.38 bits per heavy atom. The number of hydrogen-bond donors (Lipinski definition) is 1. The first kappa shape index (κ1) is 17.6. The number of aryl methyl sites for hydroxylation is 1. The standard InChI is InChI=1S/C17H16FN3O2S/c1-10-6-15(12(9-19)17(24)20-10)23-14-5-4-11(7-13(14)18)8-16(22)21(2)3/h4-7H,8H2,1-3H3,(H,20,24). The first-order valence-electron chi connectivity index (χ1n) is 7.12. The highest BCUT2D eigenvalue weighted by atomic mass is 32.1. The van der Waals surface area contributed by atoms with Gasteiger partial charge in [0.15, 0.2) is 11.6 Å². The third-order valence-electron chi connectivity index (χ3n) is 3.31. The van der Waals surface area contributed by atoms with Gasteiger partial charge in [0.1, 0.15) is 22.0 Å². The van der Waals surface area contributed by atoms with Crippen molar-refractivity contribution in [2.75, 3.05) is 14.1 Å². The van der Waals surface area contributed by atoms with Gasteiger partial charge in [-0.1, -0.05) is 18.3 Å². The van der Waals surface area contributed by atoms with Crippen LogP contribution in [0.25, 0.3) is 0 Å². The number of nitrogens with one attached hydrogen (secondary N) is 1. The number of nitriles is 1. The molecule has 1 amide bonds. The molecule has 2 aromatic rings. The molecule has 0 aliphatic rings. The topological polar surface area (TPSA) is 69.1 Å². The minimum Gasteiger partial charge on any atom is -0.453 e. The van der Waals surface area contributed by atoms with E-state index in [2.05, 4.69) is 4.98 Å². The quantitative estimate of drug-likeness (QED) is 0.861. The fraction of sp³-hybridized carbons (Fsp3) is 0.235. The number of carbonyl (C=O) groups is 1. The van der Waals surface area contributed by atoms with E-state index in [0.29, 0.717) is 11.3 Å². The van der Waals surface area contributed by atoms with Crippen molar-refractivity contribution in [2.45, 2.75) is 13.3 Å². The van der Waals surface area contributed by atoms with Gasteiger partial charge in [-0.25, -0.2) is 4.39 Å². The Morgan fingerprint density at radius 3 is 2.67 bits per heavy atom. The minimum atomic E-state index is -0.612. The first-order valence-corrected chi connectivity index (χ1v) is 7.53. The largest absolute Gasteiger partial charge is 0.453 e. The van der Waals surface area contributed by atoms with Gasteiger partial charge in [-0.15, -0.1) is 0 Å². The molecule has 1 aromatic carbocycles. The number of aromatic amines is 1. The Kier molecular flexibility index (Phi) is 5.31. The number of carbonyl (C=O) groups excluding carboxylic acids is 1. The SMILES string of the molecule is Cc1cc(Oc2ccc(CC(=O)N(C)C)cc2F)c(C#N)c(=S)[nH]1. The van der Waals surface area contributed by atoms with E-state index in [0.717, 1.165) is 0 Å². The van der Waals surface area contributed by atoms with E-state index in [9.17, 15) is 14.4 Å². The molecular formula is C17H16FN3O2S. The Morgan fingerprint density at radius 2 is 2.08 bits per heavy atom. The van der Waals surface area contributed by atoms with Gasteiger partial charge in [0, 0.05) is 25.9 Å². The van der Waals surface area contributed by atoms with Gasteiger partial charge in [-0.3, -0.25) is 4.79 Å². The number of amides is 1. The van der Waals surface area contributed by atoms with Crippen LogP contribution in [-0.4, -0.2) is 29.9 Å². The van der Waals surface area contributed by atoms with Crippen LogP contribution < -0.4 is 4.74 Å². The number of benzene rings is 1. The van der Waals surface area contributed by atoms with Gasteiger partial charge >= 0.3 is 0 Å². The average molecular weight is 345 g/mol. The zero-order valence-corrected chi connectivity index (χ0v) is 14.3. The van der Waals surface area contributed by atoms with Crippen molar-refractivity contribution in [2.24, 2.45) is 0 Å². The lowest BCUT2D eigenvalue weighted by Crippen LogP contribution is -2.23. The number of ether oxygens (including phenoxy) is 1. The summed E-state index contributed by atoms with van der Waals surface area (Å²) in [7, 11) is 3.28. The molecule has 0 spiro atoms. The summed E-state index contributed by atoms with van der Waals surface area (Å²) in [6.07, 6.45) is 0.101. The van der Waals surface area contributed by atoms with Crippen LogP contribution in [0.15, 0.2) is 24.3 Å². The smallest absolute Gasteiger partial charge is 0.226 e. The molecule has 0 unspecified atom stereocenters. The van der Waals surface area contributed by atoms with Crippen molar-refractivity contribution in [1.82, 2.24) is 9.88 Å². The molecule has 7 heteroatoms. The van der Waals surface area contributed by atoms with Crippen LogP contribution in [0.5, 0.6) is 11.5 Å². The zero-order chi connectivity index (χ0) is 17.9. The fourth-order valence-corrected chi connectivity index (χ4v) is 2.34. The maximum absolute atomic E-state index is 14.3. The Bertz CT molecular complexity index is 884. The number of H-pyrrole nitrogens is 1. The normalized spacial score (nSPS) is 10.1. The lowest BCUT2D eigenvalue weighted by molar-refractivity contribution is -0.127. The number of halogens is 1. The van der Waals surface area contributed by atoms with Crippen LogP contribution in [0, 0.1) is 28.7 Å². The summed E-state index contributed by atoms with van der Waals surface area (Å²) in [5, 5.41) is 9.18. The Labute approximate surface area is 144 Å². The highest BCUT2D eigenvalue weighted by molar-refractivity contribution is 7.71. The molecule has 2 rings (SSSR count). The van der Waals surface area contributed by atoms with Crippen molar-refractivity contribution in [3.8, 4) is 17.6 Å². The molecule has 124 valence electrons. The highest BCUT2D eigenvalue weighted by Gasteiger charge is 2.13. The van der Waals surface area contributed by atoms with Crippen molar-refractivity contribution in [3.05, 3.63) is 51.5 Å². The summed E-state index contributed by atoms with van der Waals surface area (Å²) in [6.45, 7) is 1.76. The Hall–Kier alpha value is -2.72. The van der Waals surface area contributed by atoms with E-state index in [4.69, 9.17) is 17.0 Å². The number of aromatic nitrogens is 1. The van der Waals surface area contributed by atoms with Crippen LogP contribution >= 0.6 is 12.2 Å². The monoisotopic (exact) mass is 345 g/mol. The first-order chi connectivity index (χ1) is 11.3. The van der Waals surface area contributed by atoms with E-state index in [1.165, 1.54) is 17.0 Å². The number of pyridine rings is 1. The number of likely N-dealkylation sites (N-methyl/N-ethyl adjacent to an activating group) is 1. The van der Waals surface area contributed by atoms with Crippen LogP contribution in [0.4, 0.5) is 4.39 Å². The summed E-state index contributed by atoms with van der Waals surface area (Å²) in [5.41, 5.74) is 1.38. The maximum Gasteiger partial charge on any atom is 0.226 e. The molecule has 0 radical (unpaired) electrons. The van der Waals surface area contributed by atoms with Crippen molar-refractivity contribution >= 4 is 18.1 Å². The van der Waals surface area contributed by atoms with E-state index < -0.39 is 5.82 Å². The number of hydrogen-bond acceptors (Lipinski definition) is 4. The van der Waals surface area contributed by atoms with Crippen LogP contribution in [0.3, 0.4) is 0 Å². The molecule has 0 fully saturated rings. The zero-order valence-electron chi connectivity index (χ0n) is 13.5. The summed E-state index contributed by atoms with van der Waals surface area (Å²) in [6, 6.07) is 7.83. The van der Waals surface area contributed by atoms with Gasteiger partial charge < -0.3 is 14.6 Å². The second kappa shape index (κ2) is 7.23. The summed E-state index contributed by atoms with van der Waals surface area (Å²) < 4.78 is 20.0. The molecule has 24 heavy (non-hydrogen) atoms. The molecule has 1 aromatic heterocycles. The third kappa shape index (κ3) is 3.97. The highest BCUT2D eigenvalue weighted by Crippen LogP contribution is 2.28. The van der Waals surface area contributed by atoms with E-state index in [1.807, 2.05) is 6.07 Å². The van der Waals surface area contributed by atoms with E-state index in [1.54, 1.807) is 33.2 Å². The van der Waals surface area contributed by atoms with Gasteiger partial charge in [0.2, 0.25) is 5.91 Å². The summed E-state index contributed by atoms with van der Waals surface area (Å²) >= 11 is 5.07. The predicted octanol–water partition coefficient (Wildman–Crippen LogP) is 3.49. The van der Waals surface area contributed by atoms with Crippen LogP contribution in [0.1, 0.15) is 16.8 Å². The van der Waals surface area contributed by atoms with Crippen molar-refractivity contribution in [1.29, 1.82) is 5.26 Å².